The quantitative estimate of drug-likeness (QED) is 0.284. The van der Waals surface area contributed by atoms with Crippen molar-refractivity contribution in [3.63, 3.8) is 0 Å². The van der Waals surface area contributed by atoms with E-state index in [4.69, 9.17) is 16.3 Å². The molecule has 0 aliphatic carbocycles. The number of hydrogen-bond donors (Lipinski definition) is 2. The minimum atomic E-state index is -0.630. The van der Waals surface area contributed by atoms with E-state index in [-0.39, 0.29) is 17.2 Å². The molecule has 1 aliphatic heterocycles. The number of aromatic amines is 1. The molecule has 198 valence electrons. The van der Waals surface area contributed by atoms with Crippen LogP contribution in [0.3, 0.4) is 0 Å². The Morgan fingerprint density at radius 1 is 1.16 bits per heavy atom. The molecular formula is C28H34ClN3O5. The molecule has 2 aromatic carbocycles. The number of phenols is 1. The van der Waals surface area contributed by atoms with Crippen LogP contribution in [0.2, 0.25) is 5.02 Å². The van der Waals surface area contributed by atoms with Crippen LogP contribution >= 0.6 is 11.6 Å². The summed E-state index contributed by atoms with van der Waals surface area (Å²) in [5, 5.41) is 10.0. The van der Waals surface area contributed by atoms with Crippen molar-refractivity contribution in [3.05, 3.63) is 62.5 Å². The van der Waals surface area contributed by atoms with Crippen molar-refractivity contribution >= 4 is 34.5 Å². The summed E-state index contributed by atoms with van der Waals surface area (Å²) in [6, 6.07) is 8.57. The highest BCUT2D eigenvalue weighted by Crippen LogP contribution is 2.27. The first kappa shape index (κ1) is 26.8. The minimum absolute atomic E-state index is 0.0229. The lowest BCUT2D eigenvalue weighted by Crippen LogP contribution is -2.38. The number of Topliss-reactive ketones (excluding diaryl/α,β-unsaturated/α-hetero) is 1. The van der Waals surface area contributed by atoms with E-state index in [0.29, 0.717) is 61.4 Å². The fraction of sp³-hybridized carbons (Fsp3) is 0.464. The minimum Gasteiger partial charge on any atom is -0.508 e. The maximum atomic E-state index is 13.1. The molecule has 37 heavy (non-hydrogen) atoms. The van der Waals surface area contributed by atoms with Gasteiger partial charge in [0, 0.05) is 36.6 Å². The van der Waals surface area contributed by atoms with Crippen LogP contribution in [-0.4, -0.2) is 50.1 Å². The molecule has 0 spiro atoms. The SMILES string of the molecule is CC(C)(C)OC(=O)N(CCCCC(=O)c1ccc2c3c1[nH]c(=O)n3CCC2)CCc1ccc(O)cc1Cl. The number of carbonyl (C=O) groups is 2. The van der Waals surface area contributed by atoms with Crippen LogP contribution in [0.25, 0.3) is 11.0 Å². The van der Waals surface area contributed by atoms with Crippen molar-refractivity contribution in [2.24, 2.45) is 0 Å². The van der Waals surface area contributed by atoms with Gasteiger partial charge in [-0.1, -0.05) is 23.7 Å². The van der Waals surface area contributed by atoms with Crippen LogP contribution in [0.4, 0.5) is 4.79 Å². The van der Waals surface area contributed by atoms with Crippen LogP contribution in [-0.2, 0) is 24.1 Å². The van der Waals surface area contributed by atoms with Crippen LogP contribution in [0.5, 0.6) is 5.75 Å². The number of imidazole rings is 1. The predicted molar refractivity (Wildman–Crippen MR) is 144 cm³/mol. The molecule has 0 saturated heterocycles. The van der Waals surface area contributed by atoms with Gasteiger partial charge in [-0.05, 0) is 82.2 Å². The topological polar surface area (TPSA) is 105 Å². The number of aromatic hydroxyl groups is 1. The van der Waals surface area contributed by atoms with Crippen molar-refractivity contribution in [1.82, 2.24) is 14.5 Å². The lowest BCUT2D eigenvalue weighted by molar-refractivity contribution is 0.0249. The summed E-state index contributed by atoms with van der Waals surface area (Å²) in [6.45, 7) is 6.95. The van der Waals surface area contributed by atoms with Crippen molar-refractivity contribution in [2.45, 2.75) is 71.4 Å². The van der Waals surface area contributed by atoms with E-state index in [2.05, 4.69) is 4.98 Å². The van der Waals surface area contributed by atoms with E-state index in [0.717, 1.165) is 29.5 Å². The molecule has 0 radical (unpaired) electrons. The van der Waals surface area contributed by atoms with Gasteiger partial charge in [-0.2, -0.15) is 0 Å². The van der Waals surface area contributed by atoms with Crippen molar-refractivity contribution in [3.8, 4) is 5.75 Å². The van der Waals surface area contributed by atoms with E-state index in [1.165, 1.54) is 6.07 Å². The lowest BCUT2D eigenvalue weighted by atomic mass is 9.98. The predicted octanol–water partition coefficient (Wildman–Crippen LogP) is 5.47. The van der Waals surface area contributed by atoms with Gasteiger partial charge in [0.2, 0.25) is 0 Å². The molecule has 1 aliphatic rings. The fourth-order valence-electron chi connectivity index (χ4n) is 4.76. The van der Waals surface area contributed by atoms with E-state index >= 15 is 0 Å². The van der Waals surface area contributed by atoms with Gasteiger partial charge >= 0.3 is 11.8 Å². The molecule has 1 aromatic heterocycles. The third kappa shape index (κ3) is 6.36. The van der Waals surface area contributed by atoms with Gasteiger partial charge in [0.25, 0.3) is 0 Å². The molecule has 0 unspecified atom stereocenters. The van der Waals surface area contributed by atoms with Gasteiger partial charge < -0.3 is 19.7 Å². The van der Waals surface area contributed by atoms with Gasteiger partial charge in [0.1, 0.15) is 11.4 Å². The number of ketones is 1. The first-order valence-corrected chi connectivity index (χ1v) is 13.1. The van der Waals surface area contributed by atoms with E-state index in [1.54, 1.807) is 21.6 Å². The van der Waals surface area contributed by atoms with Gasteiger partial charge in [0.05, 0.1) is 11.0 Å². The maximum absolute atomic E-state index is 13.1. The van der Waals surface area contributed by atoms with Crippen molar-refractivity contribution in [2.75, 3.05) is 13.1 Å². The highest BCUT2D eigenvalue weighted by molar-refractivity contribution is 6.31. The molecule has 0 fully saturated rings. The Morgan fingerprint density at radius 2 is 1.95 bits per heavy atom. The number of hydrogen-bond acceptors (Lipinski definition) is 5. The Morgan fingerprint density at radius 3 is 2.68 bits per heavy atom. The molecule has 2 N–H and O–H groups in total. The monoisotopic (exact) mass is 527 g/mol. The molecule has 3 aromatic rings. The Labute approximate surface area is 221 Å². The van der Waals surface area contributed by atoms with Gasteiger partial charge in [-0.25, -0.2) is 9.59 Å². The van der Waals surface area contributed by atoms with E-state index in [1.807, 2.05) is 32.9 Å². The van der Waals surface area contributed by atoms with Gasteiger partial charge in [-0.3, -0.25) is 9.36 Å². The average molecular weight is 528 g/mol. The number of aryl methyl sites for hydroxylation is 2. The van der Waals surface area contributed by atoms with E-state index in [9.17, 15) is 19.5 Å². The molecule has 0 saturated carbocycles. The molecular weight excluding hydrogens is 494 g/mol. The largest absolute Gasteiger partial charge is 0.508 e. The molecule has 0 bridgehead atoms. The molecule has 0 atom stereocenters. The third-order valence-corrected chi connectivity index (χ3v) is 6.91. The second kappa shape index (κ2) is 11.0. The Balaban J connectivity index is 1.38. The standard InChI is InChI=1S/C28H34ClN3O5/c1-28(2,3)37-27(36)31(16-13-18-9-11-20(33)17-22(18)29)14-5-4-8-23(34)21-12-10-19-7-6-15-32-25(19)24(21)30-26(32)35/h9-12,17,33H,4-8,13-16H2,1-3H3,(H,30,35). The van der Waals surface area contributed by atoms with Crippen LogP contribution in [0, 0.1) is 0 Å². The second-order valence-electron chi connectivity index (χ2n) is 10.6. The summed E-state index contributed by atoms with van der Waals surface area (Å²) in [4.78, 5) is 42.8. The highest BCUT2D eigenvalue weighted by Gasteiger charge is 2.23. The van der Waals surface area contributed by atoms with Crippen molar-refractivity contribution in [1.29, 1.82) is 0 Å². The van der Waals surface area contributed by atoms with Gasteiger partial charge in [-0.15, -0.1) is 0 Å². The lowest BCUT2D eigenvalue weighted by Gasteiger charge is -2.27. The van der Waals surface area contributed by atoms with Crippen molar-refractivity contribution < 1.29 is 19.4 Å². The molecule has 1 amide bonds. The zero-order chi connectivity index (χ0) is 26.7. The van der Waals surface area contributed by atoms with Gasteiger partial charge in [0.15, 0.2) is 5.78 Å². The first-order chi connectivity index (χ1) is 17.5. The number of halogens is 1. The number of amides is 1. The normalized spacial score (nSPS) is 13.1. The zero-order valence-electron chi connectivity index (χ0n) is 21.6. The Bertz CT molecular complexity index is 1370. The molecule has 9 heteroatoms. The number of nitrogens with zero attached hydrogens (tertiary/aromatic N) is 2. The third-order valence-electron chi connectivity index (χ3n) is 6.56. The zero-order valence-corrected chi connectivity index (χ0v) is 22.4. The number of carbonyl (C=O) groups excluding carboxylic acids is 2. The number of phenolic OH excluding ortho intramolecular Hbond substituents is 1. The molecule has 2 heterocycles. The summed E-state index contributed by atoms with van der Waals surface area (Å²) < 4.78 is 7.31. The fourth-order valence-corrected chi connectivity index (χ4v) is 5.03. The number of aromatic nitrogens is 2. The number of benzene rings is 2. The number of H-pyrrole nitrogens is 1. The first-order valence-electron chi connectivity index (χ1n) is 12.8. The summed E-state index contributed by atoms with van der Waals surface area (Å²) in [5.74, 6) is 0.0670. The molecule has 4 rings (SSSR count). The number of unbranched alkanes of at least 4 members (excludes halogenated alkanes) is 1. The summed E-state index contributed by atoms with van der Waals surface area (Å²) in [6.07, 6.45) is 3.43. The smallest absolute Gasteiger partial charge is 0.410 e. The second-order valence-corrected chi connectivity index (χ2v) is 11.0. The number of ether oxygens (including phenoxy) is 1. The summed E-state index contributed by atoms with van der Waals surface area (Å²) in [5.41, 5.74) is 3.15. The van der Waals surface area contributed by atoms with Crippen LogP contribution in [0.15, 0.2) is 35.1 Å². The number of rotatable bonds is 9. The van der Waals surface area contributed by atoms with Crippen LogP contribution in [0.1, 0.15) is 67.9 Å². The molecule has 8 nitrogen and oxygen atoms in total. The highest BCUT2D eigenvalue weighted by atomic mass is 35.5. The maximum Gasteiger partial charge on any atom is 0.410 e. The summed E-state index contributed by atoms with van der Waals surface area (Å²) in [7, 11) is 0. The van der Waals surface area contributed by atoms with E-state index < -0.39 is 11.7 Å². The average Bonchev–Trinajstić information content (AvgIpc) is 3.16. The summed E-state index contributed by atoms with van der Waals surface area (Å²) >= 11 is 6.24. The number of nitrogens with one attached hydrogen (secondary N) is 1. The Hall–Kier alpha value is -3.26. The Kier molecular flexibility index (Phi) is 7.97. The van der Waals surface area contributed by atoms with Crippen LogP contribution < -0.4 is 5.69 Å².